The first-order chi connectivity index (χ1) is 10.7. The summed E-state index contributed by atoms with van der Waals surface area (Å²) in [4.78, 5) is 35.6. The number of esters is 2. The maximum absolute atomic E-state index is 12.1. The minimum atomic E-state index is -0.804. The Morgan fingerprint density at radius 2 is 1.78 bits per heavy atom. The van der Waals surface area contributed by atoms with Crippen molar-refractivity contribution in [1.82, 2.24) is 5.32 Å². The van der Waals surface area contributed by atoms with Crippen LogP contribution in [0.5, 0.6) is 0 Å². The number of rotatable bonds is 7. The van der Waals surface area contributed by atoms with Crippen LogP contribution in [0.15, 0.2) is 0 Å². The molecule has 0 heterocycles. The Hall–Kier alpha value is -1.59. The molecule has 0 radical (unpaired) electrons. The summed E-state index contributed by atoms with van der Waals surface area (Å²) in [6, 6.07) is -0.804. The van der Waals surface area contributed by atoms with Crippen molar-refractivity contribution in [3.05, 3.63) is 0 Å². The van der Waals surface area contributed by atoms with Crippen LogP contribution in [-0.4, -0.2) is 36.6 Å². The van der Waals surface area contributed by atoms with Gasteiger partial charge in [-0.3, -0.25) is 9.59 Å². The molecule has 0 aliphatic heterocycles. The molecule has 6 heteroatoms. The zero-order valence-electron chi connectivity index (χ0n) is 14.6. The predicted molar refractivity (Wildman–Crippen MR) is 85.6 cm³/mol. The van der Waals surface area contributed by atoms with Crippen LogP contribution in [0, 0.1) is 5.92 Å². The van der Waals surface area contributed by atoms with Gasteiger partial charge in [0.05, 0.1) is 7.11 Å². The highest BCUT2D eigenvalue weighted by atomic mass is 16.6. The van der Waals surface area contributed by atoms with E-state index in [-0.39, 0.29) is 18.7 Å². The van der Waals surface area contributed by atoms with Gasteiger partial charge in [0.1, 0.15) is 11.6 Å². The van der Waals surface area contributed by atoms with E-state index >= 15 is 0 Å². The van der Waals surface area contributed by atoms with Crippen molar-refractivity contribution in [2.75, 3.05) is 7.11 Å². The quantitative estimate of drug-likeness (QED) is 0.726. The largest absolute Gasteiger partial charge is 0.467 e. The minimum absolute atomic E-state index is 0.0563. The van der Waals surface area contributed by atoms with E-state index in [0.29, 0.717) is 12.3 Å². The van der Waals surface area contributed by atoms with E-state index in [1.54, 1.807) is 20.8 Å². The Bertz CT molecular complexity index is 421. The molecule has 0 unspecified atom stereocenters. The summed E-state index contributed by atoms with van der Waals surface area (Å²) in [5, 5.41) is 2.69. The second kappa shape index (κ2) is 8.89. The van der Waals surface area contributed by atoms with Crippen molar-refractivity contribution in [1.29, 1.82) is 0 Å². The monoisotopic (exact) mass is 327 g/mol. The first-order valence-corrected chi connectivity index (χ1v) is 8.30. The molecule has 1 rings (SSSR count). The molecular weight excluding hydrogens is 298 g/mol. The summed E-state index contributed by atoms with van der Waals surface area (Å²) in [6.45, 7) is 5.35. The number of hydrogen-bond donors (Lipinski definition) is 1. The van der Waals surface area contributed by atoms with Crippen molar-refractivity contribution in [3.8, 4) is 0 Å². The highest BCUT2D eigenvalue weighted by molar-refractivity contribution is 5.85. The first-order valence-electron chi connectivity index (χ1n) is 8.30. The summed E-state index contributed by atoms with van der Waals surface area (Å²) in [6.07, 6.45) is 5.12. The Labute approximate surface area is 138 Å². The highest BCUT2D eigenvalue weighted by Crippen LogP contribution is 2.27. The molecule has 0 aromatic heterocycles. The second-order valence-electron chi connectivity index (χ2n) is 7.12. The van der Waals surface area contributed by atoms with E-state index in [9.17, 15) is 14.4 Å². The van der Waals surface area contributed by atoms with Crippen molar-refractivity contribution in [2.45, 2.75) is 77.4 Å². The number of ether oxygens (including phenoxy) is 2. The van der Waals surface area contributed by atoms with Gasteiger partial charge in [-0.15, -0.1) is 0 Å². The molecule has 0 saturated heterocycles. The molecule has 1 aliphatic carbocycles. The smallest absolute Gasteiger partial charge is 0.328 e. The van der Waals surface area contributed by atoms with Gasteiger partial charge < -0.3 is 14.8 Å². The molecule has 0 aromatic rings. The molecule has 1 fully saturated rings. The van der Waals surface area contributed by atoms with Gasteiger partial charge in [-0.1, -0.05) is 12.8 Å². The summed E-state index contributed by atoms with van der Waals surface area (Å²) in [5.74, 6) is -0.680. The van der Waals surface area contributed by atoms with Crippen LogP contribution in [0.3, 0.4) is 0 Å². The van der Waals surface area contributed by atoms with Crippen molar-refractivity contribution >= 4 is 17.8 Å². The van der Waals surface area contributed by atoms with Gasteiger partial charge in [-0.25, -0.2) is 4.79 Å². The Balaban J connectivity index is 2.47. The van der Waals surface area contributed by atoms with Crippen molar-refractivity contribution in [2.24, 2.45) is 5.92 Å². The van der Waals surface area contributed by atoms with E-state index in [1.165, 1.54) is 7.11 Å². The third-order valence-electron chi connectivity index (χ3n) is 3.83. The number of carbonyl (C=O) groups is 3. The van der Waals surface area contributed by atoms with E-state index < -0.39 is 23.6 Å². The van der Waals surface area contributed by atoms with Crippen LogP contribution in [0.2, 0.25) is 0 Å². The van der Waals surface area contributed by atoms with Gasteiger partial charge in [0.2, 0.25) is 5.91 Å². The highest BCUT2D eigenvalue weighted by Gasteiger charge is 2.26. The van der Waals surface area contributed by atoms with E-state index in [2.05, 4.69) is 5.32 Å². The maximum atomic E-state index is 12.1. The lowest BCUT2D eigenvalue weighted by atomic mass is 10.0. The molecule has 6 nitrogen and oxygen atoms in total. The average molecular weight is 327 g/mol. The lowest BCUT2D eigenvalue weighted by molar-refractivity contribution is -0.155. The molecule has 1 amide bonds. The number of carbonyl (C=O) groups excluding carboxylic acids is 3. The SMILES string of the molecule is COC(=O)[C@H](CCC(=O)OC(C)(C)C)NC(=O)CC1CCCC1. The van der Waals surface area contributed by atoms with Crippen LogP contribution >= 0.6 is 0 Å². The molecule has 132 valence electrons. The van der Waals surface area contributed by atoms with Gasteiger partial charge in [-0.05, 0) is 46.0 Å². The summed E-state index contributed by atoms with van der Waals surface area (Å²) < 4.78 is 9.92. The van der Waals surface area contributed by atoms with Gasteiger partial charge in [0.15, 0.2) is 0 Å². The van der Waals surface area contributed by atoms with E-state index in [4.69, 9.17) is 9.47 Å². The number of amides is 1. The topological polar surface area (TPSA) is 81.7 Å². The number of hydrogen-bond acceptors (Lipinski definition) is 5. The standard InChI is InChI=1S/C17H29NO5/c1-17(2,3)23-15(20)10-9-13(16(21)22-4)18-14(19)11-12-7-5-6-8-12/h12-13H,5-11H2,1-4H3,(H,18,19)/t13-/m0/s1. The molecule has 1 saturated carbocycles. The number of nitrogens with one attached hydrogen (secondary N) is 1. The fourth-order valence-corrected chi connectivity index (χ4v) is 2.78. The Morgan fingerprint density at radius 3 is 2.30 bits per heavy atom. The van der Waals surface area contributed by atoms with Gasteiger partial charge in [0.25, 0.3) is 0 Å². The molecule has 23 heavy (non-hydrogen) atoms. The van der Waals surface area contributed by atoms with Crippen LogP contribution in [0.4, 0.5) is 0 Å². The van der Waals surface area contributed by atoms with Crippen LogP contribution < -0.4 is 5.32 Å². The van der Waals surface area contributed by atoms with Crippen molar-refractivity contribution in [3.63, 3.8) is 0 Å². The summed E-state index contributed by atoms with van der Waals surface area (Å²) >= 11 is 0. The van der Waals surface area contributed by atoms with Gasteiger partial charge in [0, 0.05) is 12.8 Å². The molecular formula is C17H29NO5. The first kappa shape index (κ1) is 19.5. The summed E-state index contributed by atoms with van der Waals surface area (Å²) in [7, 11) is 1.27. The zero-order chi connectivity index (χ0) is 17.5. The third kappa shape index (κ3) is 8.00. The average Bonchev–Trinajstić information content (AvgIpc) is 2.93. The van der Waals surface area contributed by atoms with Crippen molar-refractivity contribution < 1.29 is 23.9 Å². The lowest BCUT2D eigenvalue weighted by Gasteiger charge is -2.21. The Kier molecular flexibility index (Phi) is 7.52. The number of methoxy groups -OCH3 is 1. The second-order valence-corrected chi connectivity index (χ2v) is 7.12. The normalized spacial score (nSPS) is 16.7. The molecule has 1 aliphatic rings. The van der Waals surface area contributed by atoms with Crippen LogP contribution in [-0.2, 0) is 23.9 Å². The third-order valence-corrected chi connectivity index (χ3v) is 3.83. The fraction of sp³-hybridized carbons (Fsp3) is 0.824. The van der Waals surface area contributed by atoms with E-state index in [1.807, 2.05) is 0 Å². The van der Waals surface area contributed by atoms with Crippen LogP contribution in [0.25, 0.3) is 0 Å². The Morgan fingerprint density at radius 1 is 1.17 bits per heavy atom. The maximum Gasteiger partial charge on any atom is 0.328 e. The van der Waals surface area contributed by atoms with Gasteiger partial charge >= 0.3 is 11.9 Å². The van der Waals surface area contributed by atoms with E-state index in [0.717, 1.165) is 25.7 Å². The molecule has 0 bridgehead atoms. The minimum Gasteiger partial charge on any atom is -0.467 e. The fourth-order valence-electron chi connectivity index (χ4n) is 2.78. The lowest BCUT2D eigenvalue weighted by Crippen LogP contribution is -2.42. The molecule has 0 spiro atoms. The van der Waals surface area contributed by atoms with Crippen LogP contribution in [0.1, 0.15) is 65.7 Å². The van der Waals surface area contributed by atoms with Gasteiger partial charge in [-0.2, -0.15) is 0 Å². The molecule has 0 aromatic carbocycles. The zero-order valence-corrected chi connectivity index (χ0v) is 14.6. The summed E-state index contributed by atoms with van der Waals surface area (Å²) in [5.41, 5.74) is -0.566. The predicted octanol–water partition coefficient (Wildman–Crippen LogP) is 2.35. The molecule has 1 atom stereocenters. The molecule has 1 N–H and O–H groups in total.